The number of likely N-dealkylation sites (tertiary alicyclic amines) is 1. The molecular weight excluding hydrogens is 198 g/mol. The summed E-state index contributed by atoms with van der Waals surface area (Å²) in [7, 11) is 2.21. The van der Waals surface area contributed by atoms with Crippen LogP contribution in [0.1, 0.15) is 25.8 Å². The Bertz CT molecular complexity index is 351. The number of quaternary nitrogens is 1. The minimum Gasteiger partial charge on any atom is -0.384 e. The summed E-state index contributed by atoms with van der Waals surface area (Å²) in [4.78, 5) is 1.52. The topological polar surface area (TPSA) is 24.7 Å². The average Bonchev–Trinajstić information content (AvgIpc) is 2.28. The van der Waals surface area contributed by atoms with Crippen LogP contribution in [0.4, 0.5) is 0 Å². The normalized spacial score (nSPS) is 39.6. The first kappa shape index (κ1) is 11.6. The number of rotatable bonds is 1. The van der Waals surface area contributed by atoms with Crippen molar-refractivity contribution in [3.05, 3.63) is 35.9 Å². The molecule has 1 unspecified atom stereocenters. The zero-order chi connectivity index (χ0) is 11.8. The molecule has 0 aliphatic carbocycles. The second-order valence-electron chi connectivity index (χ2n) is 5.35. The molecule has 1 aromatic rings. The van der Waals surface area contributed by atoms with Crippen LogP contribution < -0.4 is 4.90 Å². The number of aliphatic hydroxyl groups is 1. The Morgan fingerprint density at radius 3 is 2.50 bits per heavy atom. The predicted molar refractivity (Wildman–Crippen MR) is 65.3 cm³/mol. The van der Waals surface area contributed by atoms with Crippen LogP contribution in [0.25, 0.3) is 0 Å². The van der Waals surface area contributed by atoms with Gasteiger partial charge in [-0.1, -0.05) is 37.3 Å². The van der Waals surface area contributed by atoms with Crippen LogP contribution in [0, 0.1) is 5.92 Å². The van der Waals surface area contributed by atoms with Crippen LogP contribution in [0.5, 0.6) is 0 Å². The summed E-state index contributed by atoms with van der Waals surface area (Å²) in [5.74, 6) is 0.311. The van der Waals surface area contributed by atoms with Crippen molar-refractivity contribution in [1.82, 2.24) is 0 Å². The average molecular weight is 220 g/mol. The Kier molecular flexibility index (Phi) is 3.04. The fourth-order valence-electron chi connectivity index (χ4n) is 2.82. The highest BCUT2D eigenvalue weighted by molar-refractivity contribution is 5.23. The van der Waals surface area contributed by atoms with Crippen molar-refractivity contribution >= 4 is 0 Å². The summed E-state index contributed by atoms with van der Waals surface area (Å²) in [6.07, 6.45) is 0.851. The van der Waals surface area contributed by atoms with Crippen LogP contribution in [-0.4, -0.2) is 24.7 Å². The Morgan fingerprint density at radius 1 is 1.25 bits per heavy atom. The standard InChI is InChI=1S/C14H21NO/c1-11-10-15(3)12(2)9-14(11,16)13-7-5-4-6-8-13/h4-8,11-12,16H,9-10H2,1-3H3/p+1/t11-,12-,14+/m1/s1. The van der Waals surface area contributed by atoms with Crippen molar-refractivity contribution < 1.29 is 10.0 Å². The zero-order valence-electron chi connectivity index (χ0n) is 10.4. The molecule has 0 amide bonds. The second kappa shape index (κ2) is 4.19. The molecule has 0 aromatic heterocycles. The molecular formula is C14H22NO+. The predicted octanol–water partition coefficient (Wildman–Crippen LogP) is 0.817. The lowest BCUT2D eigenvalue weighted by molar-refractivity contribution is -0.916. The van der Waals surface area contributed by atoms with E-state index in [1.807, 2.05) is 30.3 Å². The lowest BCUT2D eigenvalue weighted by Gasteiger charge is -2.43. The highest BCUT2D eigenvalue weighted by atomic mass is 16.3. The summed E-state index contributed by atoms with van der Waals surface area (Å²) in [5, 5.41) is 10.9. The van der Waals surface area contributed by atoms with E-state index in [0.717, 1.165) is 18.5 Å². The first-order valence-corrected chi connectivity index (χ1v) is 6.14. The third kappa shape index (κ3) is 1.87. The lowest BCUT2D eigenvalue weighted by atomic mass is 9.74. The third-order valence-corrected chi connectivity index (χ3v) is 4.18. The smallest absolute Gasteiger partial charge is 0.103 e. The Hall–Kier alpha value is -0.860. The monoisotopic (exact) mass is 220 g/mol. The van der Waals surface area contributed by atoms with Crippen LogP contribution in [0.2, 0.25) is 0 Å². The van der Waals surface area contributed by atoms with Gasteiger partial charge in [0.05, 0.1) is 19.6 Å². The van der Waals surface area contributed by atoms with Crippen molar-refractivity contribution in [3.63, 3.8) is 0 Å². The number of piperidine rings is 1. The van der Waals surface area contributed by atoms with E-state index in [1.165, 1.54) is 4.90 Å². The van der Waals surface area contributed by atoms with E-state index in [-0.39, 0.29) is 0 Å². The molecule has 1 aromatic carbocycles. The van der Waals surface area contributed by atoms with Gasteiger partial charge in [-0.05, 0) is 12.5 Å². The molecule has 1 aliphatic rings. The molecule has 0 spiro atoms. The summed E-state index contributed by atoms with van der Waals surface area (Å²) >= 11 is 0. The zero-order valence-corrected chi connectivity index (χ0v) is 10.4. The molecule has 2 nitrogen and oxygen atoms in total. The van der Waals surface area contributed by atoms with E-state index in [0.29, 0.717) is 12.0 Å². The van der Waals surface area contributed by atoms with Gasteiger partial charge in [-0.15, -0.1) is 0 Å². The van der Waals surface area contributed by atoms with E-state index in [4.69, 9.17) is 0 Å². The minimum atomic E-state index is -0.639. The molecule has 2 heteroatoms. The van der Waals surface area contributed by atoms with Crippen LogP contribution >= 0.6 is 0 Å². The highest BCUT2D eigenvalue weighted by Crippen LogP contribution is 2.35. The Balaban J connectivity index is 2.31. The van der Waals surface area contributed by atoms with Gasteiger partial charge < -0.3 is 10.0 Å². The maximum Gasteiger partial charge on any atom is 0.103 e. The maximum absolute atomic E-state index is 10.9. The van der Waals surface area contributed by atoms with Crippen LogP contribution in [0.15, 0.2) is 30.3 Å². The molecule has 4 atom stereocenters. The first-order valence-electron chi connectivity index (χ1n) is 6.14. The SMILES string of the molecule is C[C@@H]1C[C@@](O)(c2ccccc2)[C@H](C)C[NH+]1C. The number of hydrogen-bond acceptors (Lipinski definition) is 1. The van der Waals surface area contributed by atoms with Crippen LogP contribution in [0.3, 0.4) is 0 Å². The fraction of sp³-hybridized carbons (Fsp3) is 0.571. The van der Waals surface area contributed by atoms with Gasteiger partial charge in [0.25, 0.3) is 0 Å². The summed E-state index contributed by atoms with van der Waals surface area (Å²) in [6.45, 7) is 5.41. The van der Waals surface area contributed by atoms with E-state index >= 15 is 0 Å². The van der Waals surface area contributed by atoms with E-state index in [9.17, 15) is 5.11 Å². The highest BCUT2D eigenvalue weighted by Gasteiger charge is 2.44. The summed E-state index contributed by atoms with van der Waals surface area (Å²) in [6, 6.07) is 10.6. The lowest BCUT2D eigenvalue weighted by Crippen LogP contribution is -3.15. The van der Waals surface area contributed by atoms with Gasteiger partial charge in [-0.2, -0.15) is 0 Å². The number of hydrogen-bond donors (Lipinski definition) is 2. The van der Waals surface area contributed by atoms with E-state index in [2.05, 4.69) is 20.9 Å². The van der Waals surface area contributed by atoms with Gasteiger partial charge in [0.1, 0.15) is 5.60 Å². The van der Waals surface area contributed by atoms with Crippen molar-refractivity contribution in [1.29, 1.82) is 0 Å². The van der Waals surface area contributed by atoms with Crippen LogP contribution in [-0.2, 0) is 5.60 Å². The van der Waals surface area contributed by atoms with E-state index in [1.54, 1.807) is 0 Å². The molecule has 1 heterocycles. The van der Waals surface area contributed by atoms with Crippen molar-refractivity contribution in [2.75, 3.05) is 13.6 Å². The van der Waals surface area contributed by atoms with Crippen molar-refractivity contribution in [2.24, 2.45) is 5.92 Å². The molecule has 1 saturated heterocycles. The fourth-order valence-corrected chi connectivity index (χ4v) is 2.82. The van der Waals surface area contributed by atoms with Gasteiger partial charge in [0, 0.05) is 12.3 Å². The number of benzene rings is 1. The summed E-state index contributed by atoms with van der Waals surface area (Å²) in [5.41, 5.74) is 0.432. The third-order valence-electron chi connectivity index (χ3n) is 4.18. The molecule has 88 valence electrons. The number of nitrogens with one attached hydrogen (secondary N) is 1. The Labute approximate surface area is 97.9 Å². The van der Waals surface area contributed by atoms with Crippen molar-refractivity contribution in [3.8, 4) is 0 Å². The molecule has 0 saturated carbocycles. The Morgan fingerprint density at radius 2 is 1.88 bits per heavy atom. The van der Waals surface area contributed by atoms with Gasteiger partial charge in [0.15, 0.2) is 0 Å². The molecule has 2 N–H and O–H groups in total. The maximum atomic E-state index is 10.9. The molecule has 0 radical (unpaired) electrons. The first-order chi connectivity index (χ1) is 7.54. The molecule has 0 bridgehead atoms. The summed E-state index contributed by atoms with van der Waals surface area (Å²) < 4.78 is 0. The van der Waals surface area contributed by atoms with Gasteiger partial charge in [-0.25, -0.2) is 0 Å². The molecule has 1 aliphatic heterocycles. The second-order valence-corrected chi connectivity index (χ2v) is 5.35. The molecule has 16 heavy (non-hydrogen) atoms. The van der Waals surface area contributed by atoms with Gasteiger partial charge in [-0.3, -0.25) is 0 Å². The van der Waals surface area contributed by atoms with Gasteiger partial charge >= 0.3 is 0 Å². The largest absolute Gasteiger partial charge is 0.384 e. The minimum absolute atomic E-state index is 0.311. The van der Waals surface area contributed by atoms with Gasteiger partial charge in [0.2, 0.25) is 0 Å². The van der Waals surface area contributed by atoms with Crippen molar-refractivity contribution in [2.45, 2.75) is 31.9 Å². The quantitative estimate of drug-likeness (QED) is 0.719. The molecule has 2 rings (SSSR count). The van der Waals surface area contributed by atoms with E-state index < -0.39 is 5.60 Å². The molecule has 1 fully saturated rings.